The molecule has 11 rings (SSSR count). The molecule has 0 radical (unpaired) electrons. The van der Waals surface area contributed by atoms with Gasteiger partial charge in [-0.15, -0.1) is 5.10 Å². The Kier molecular flexibility index (Phi) is 17.6. The minimum absolute atomic E-state index is 0.00736. The second-order valence-corrected chi connectivity index (χ2v) is 24.3. The largest absolute Gasteiger partial charge is 0.458 e. The number of esters is 2. The second kappa shape index (κ2) is 25.1. The van der Waals surface area contributed by atoms with Crippen LogP contribution >= 0.6 is 11.6 Å². The number of hydrogen-bond donors (Lipinski definition) is 1. The summed E-state index contributed by atoms with van der Waals surface area (Å²) < 4.78 is 32.9. The summed E-state index contributed by atoms with van der Waals surface area (Å²) >= 11 is 6.37. The van der Waals surface area contributed by atoms with E-state index < -0.39 is 23.0 Å². The number of fused-ring (bicyclic) bond motifs is 7. The molecule has 4 atom stereocenters. The number of hydrogen-bond acceptors (Lipinski definition) is 15. The Morgan fingerprint density at radius 3 is 2.32 bits per heavy atom. The van der Waals surface area contributed by atoms with Crippen molar-refractivity contribution in [3.63, 3.8) is 0 Å². The molecule has 3 aliphatic carbocycles. The quantitative estimate of drug-likeness (QED) is 0.0308. The summed E-state index contributed by atoms with van der Waals surface area (Å²) in [6, 6.07) is 21.8. The lowest BCUT2D eigenvalue weighted by Crippen LogP contribution is -2.48. The molecule has 6 aromatic rings. The van der Waals surface area contributed by atoms with Gasteiger partial charge < -0.3 is 38.3 Å². The molecule has 3 aromatic heterocycles. The summed E-state index contributed by atoms with van der Waals surface area (Å²) in [6.07, 6.45) is 8.42. The summed E-state index contributed by atoms with van der Waals surface area (Å²) in [5.41, 5.74) is 5.41. The molecule has 2 fully saturated rings. The van der Waals surface area contributed by atoms with E-state index in [1.54, 1.807) is 57.9 Å². The first-order valence-corrected chi connectivity index (χ1v) is 30.6. The van der Waals surface area contributed by atoms with Crippen LogP contribution in [0.15, 0.2) is 77.6 Å². The van der Waals surface area contributed by atoms with E-state index in [1.165, 1.54) is 0 Å². The minimum atomic E-state index is -1.93. The molecule has 1 N–H and O–H groups in total. The zero-order valence-electron chi connectivity index (χ0n) is 49.6. The van der Waals surface area contributed by atoms with Crippen LogP contribution in [0.1, 0.15) is 134 Å². The van der Waals surface area contributed by atoms with Gasteiger partial charge in [-0.05, 0) is 148 Å². The third-order valence-electron chi connectivity index (χ3n) is 18.4. The van der Waals surface area contributed by atoms with Gasteiger partial charge in [0.25, 0.3) is 5.56 Å². The fourth-order valence-corrected chi connectivity index (χ4v) is 13.9. The SMILES string of the molecule is CCc1c2c(nc3ccc(OC(=O)c4ccc(CN(CCOCCOCCn5nnc6c5CC[C@@H]5[C@H](CC6)[C@H]5COC(=O)N(C(C)C)N(C)C)C(=O)C5(c6ccc(Cl)cc6)CCCCC5)cc4)cc13)-c1cc3c(c(=O)n1C2)COC(=O)[C@@]3(O)CC. The fraction of sp³-hybridized carbons (Fsp3) is 0.508. The summed E-state index contributed by atoms with van der Waals surface area (Å²) in [6.45, 7) is 10.8. The molecule has 2 saturated carbocycles. The number of aliphatic hydroxyl groups is 1. The van der Waals surface area contributed by atoms with E-state index in [9.17, 15) is 24.3 Å². The fourth-order valence-electron chi connectivity index (χ4n) is 13.8. The van der Waals surface area contributed by atoms with E-state index in [0.717, 1.165) is 96.8 Å². The van der Waals surface area contributed by atoms with Crippen molar-refractivity contribution < 1.29 is 48.0 Å². The molecule has 0 unspecified atom stereocenters. The molecular weight excluding hydrogens is 1100 g/mol. The van der Waals surface area contributed by atoms with Gasteiger partial charge in [-0.3, -0.25) is 9.59 Å². The molecule has 2 aliphatic heterocycles. The van der Waals surface area contributed by atoms with Crippen LogP contribution in [-0.4, -0.2) is 128 Å². The first kappa shape index (κ1) is 59.7. The monoisotopic (exact) mass is 1180 g/mol. The molecule has 0 saturated heterocycles. The summed E-state index contributed by atoms with van der Waals surface area (Å²) in [5.74, 6) is 0.446. The van der Waals surface area contributed by atoms with Gasteiger partial charge in [0.1, 0.15) is 12.4 Å². The average molecular weight is 1180 g/mol. The van der Waals surface area contributed by atoms with Crippen molar-refractivity contribution in [1.82, 2.24) is 39.5 Å². The smallest absolute Gasteiger partial charge is 0.424 e. The number of carbonyl (C=O) groups excluding carboxylic acids is 4. The van der Waals surface area contributed by atoms with E-state index in [-0.39, 0.29) is 54.3 Å². The van der Waals surface area contributed by atoms with Crippen molar-refractivity contribution in [1.29, 1.82) is 0 Å². The number of rotatable bonds is 21. The predicted molar refractivity (Wildman–Crippen MR) is 318 cm³/mol. The van der Waals surface area contributed by atoms with Gasteiger partial charge in [0.2, 0.25) is 5.91 Å². The molecule has 19 nitrogen and oxygen atoms in total. The highest BCUT2D eigenvalue weighted by molar-refractivity contribution is 6.30. The van der Waals surface area contributed by atoms with Crippen molar-refractivity contribution in [3.05, 3.63) is 139 Å². The first-order valence-electron chi connectivity index (χ1n) is 30.2. The van der Waals surface area contributed by atoms with Gasteiger partial charge in [-0.1, -0.05) is 74.2 Å². The Morgan fingerprint density at radius 2 is 1.61 bits per heavy atom. The standard InChI is InChI=1S/C65H77ClN8O11/c1-7-46-49-34-45(20-23-54(49)67-58-50(46)37-72-57(58)35-53-52(59(72)75)39-83-62(78)65(53,80)8-2)85-60(76)42-14-12-41(13-15-42)36-71(61(77)64(26-10-9-11-27-64)43-16-18-44(66)19-17-43)28-30-81-32-33-82-31-29-73-56-25-22-48-47(21-24-55(56)68-69-73)51(48)38-84-63(79)74(40(3)4)70(5)6/h12-20,23,34-35,40,47-48,51,80H,7-11,21-22,24-33,36-39H2,1-6H3/t47-,48+,51+,65+/m0/s1. The van der Waals surface area contributed by atoms with Crippen LogP contribution in [0.4, 0.5) is 4.79 Å². The lowest BCUT2D eigenvalue weighted by molar-refractivity contribution is -0.172. The molecule has 5 heterocycles. The molecule has 0 spiro atoms. The van der Waals surface area contributed by atoms with Crippen LogP contribution in [0.2, 0.25) is 5.02 Å². The Labute approximate surface area is 500 Å². The van der Waals surface area contributed by atoms with Gasteiger partial charge in [0, 0.05) is 54.8 Å². The number of halogens is 1. The highest BCUT2D eigenvalue weighted by Crippen LogP contribution is 2.53. The maximum absolute atomic E-state index is 15.1. The van der Waals surface area contributed by atoms with Crippen molar-refractivity contribution in [2.45, 2.75) is 142 Å². The second-order valence-electron chi connectivity index (χ2n) is 23.9. The Morgan fingerprint density at radius 1 is 0.882 bits per heavy atom. The molecule has 450 valence electrons. The van der Waals surface area contributed by atoms with E-state index in [0.29, 0.717) is 110 Å². The summed E-state index contributed by atoms with van der Waals surface area (Å²) in [4.78, 5) is 75.3. The molecule has 3 aromatic carbocycles. The van der Waals surface area contributed by atoms with Crippen molar-refractivity contribution in [2.75, 3.05) is 53.7 Å². The Bertz CT molecular complexity index is 3530. The number of nitrogens with zero attached hydrogens (tertiary/aromatic N) is 8. The Balaban J connectivity index is 0.709. The number of benzene rings is 3. The number of aryl methyl sites for hydroxylation is 2. The zero-order chi connectivity index (χ0) is 59.7. The molecule has 0 bridgehead atoms. The maximum Gasteiger partial charge on any atom is 0.424 e. The molecule has 20 heteroatoms. The van der Waals surface area contributed by atoms with Gasteiger partial charge in [-0.2, -0.15) is 0 Å². The van der Waals surface area contributed by atoms with Crippen LogP contribution in [0.5, 0.6) is 5.75 Å². The average Bonchev–Trinajstić information content (AvgIpc) is 1.76. The van der Waals surface area contributed by atoms with Crippen LogP contribution < -0.4 is 10.3 Å². The van der Waals surface area contributed by atoms with Crippen molar-refractivity contribution >= 4 is 46.4 Å². The number of carbonyl (C=O) groups is 4. The molecule has 2 amide bonds. The minimum Gasteiger partial charge on any atom is -0.458 e. The number of cyclic esters (lactones) is 1. The number of pyridine rings is 2. The molecule has 85 heavy (non-hydrogen) atoms. The molecule has 5 aliphatic rings. The van der Waals surface area contributed by atoms with Crippen LogP contribution in [-0.2, 0) is 85.1 Å². The Hall–Kier alpha value is -7.03. The number of ether oxygens (including phenoxy) is 5. The van der Waals surface area contributed by atoms with E-state index in [1.807, 2.05) is 80.8 Å². The lowest BCUT2D eigenvalue weighted by Gasteiger charge is -2.40. The first-order chi connectivity index (χ1) is 41.0. The van der Waals surface area contributed by atoms with Crippen molar-refractivity contribution in [3.8, 4) is 17.1 Å². The van der Waals surface area contributed by atoms with E-state index in [4.69, 9.17) is 40.3 Å². The number of hydrazine groups is 1. The zero-order valence-corrected chi connectivity index (χ0v) is 50.3. The third kappa shape index (κ3) is 11.9. The summed E-state index contributed by atoms with van der Waals surface area (Å²) in [7, 11) is 3.70. The maximum atomic E-state index is 15.1. The van der Waals surface area contributed by atoms with Gasteiger partial charge in [0.15, 0.2) is 5.60 Å². The van der Waals surface area contributed by atoms with Crippen LogP contribution in [0.25, 0.3) is 22.3 Å². The van der Waals surface area contributed by atoms with Gasteiger partial charge in [0.05, 0.1) is 91.0 Å². The summed E-state index contributed by atoms with van der Waals surface area (Å²) in [5, 5.41) is 25.2. The third-order valence-corrected chi connectivity index (χ3v) is 18.6. The van der Waals surface area contributed by atoms with Gasteiger partial charge >= 0.3 is 18.0 Å². The predicted octanol–water partition coefficient (Wildman–Crippen LogP) is 9.13. The molecular formula is C65H77ClN8O11. The lowest BCUT2D eigenvalue weighted by atomic mass is 9.68. The van der Waals surface area contributed by atoms with E-state index in [2.05, 4.69) is 10.3 Å². The topological polar surface area (TPSA) is 210 Å². The highest BCUT2D eigenvalue weighted by Gasteiger charge is 2.51. The normalized spacial score (nSPS) is 20.1. The van der Waals surface area contributed by atoms with Crippen LogP contribution in [0.3, 0.4) is 0 Å². The number of aromatic nitrogens is 5. The highest BCUT2D eigenvalue weighted by atomic mass is 35.5. The van der Waals surface area contributed by atoms with Crippen molar-refractivity contribution in [2.24, 2.45) is 17.8 Å². The number of amides is 2. The van der Waals surface area contributed by atoms with E-state index >= 15 is 4.79 Å². The van der Waals surface area contributed by atoms with Gasteiger partial charge in [-0.25, -0.2) is 34.1 Å². The van der Waals surface area contributed by atoms with Crippen LogP contribution in [0, 0.1) is 17.8 Å².